The third-order valence-corrected chi connectivity index (χ3v) is 3.08. The van der Waals surface area contributed by atoms with Crippen molar-refractivity contribution < 1.29 is 4.79 Å². The highest BCUT2D eigenvalue weighted by Gasteiger charge is 2.09. The molecule has 0 saturated carbocycles. The number of aromatic nitrogens is 2. The molecule has 1 aromatic carbocycles. The van der Waals surface area contributed by atoms with E-state index in [0.717, 1.165) is 17.5 Å². The second-order valence-corrected chi connectivity index (χ2v) is 4.29. The van der Waals surface area contributed by atoms with Crippen molar-refractivity contribution in [1.29, 1.82) is 0 Å². The first-order valence-electron chi connectivity index (χ1n) is 5.50. The number of aryl methyl sites for hydroxylation is 2. The smallest absolute Gasteiger partial charge is 0.120 e. The number of hydrogen-bond acceptors (Lipinski definition) is 2. The number of carbonyl (C=O) groups is 1. The van der Waals surface area contributed by atoms with Crippen molar-refractivity contribution in [3.63, 3.8) is 0 Å². The summed E-state index contributed by atoms with van der Waals surface area (Å²) in [6.07, 6.45) is 1.55. The van der Waals surface area contributed by atoms with E-state index in [1.54, 1.807) is 0 Å². The van der Waals surface area contributed by atoms with E-state index >= 15 is 0 Å². The molecule has 0 radical (unpaired) electrons. The Kier molecular flexibility index (Phi) is 2.77. The van der Waals surface area contributed by atoms with E-state index in [0.29, 0.717) is 6.42 Å². The van der Waals surface area contributed by atoms with Gasteiger partial charge >= 0.3 is 0 Å². The average Bonchev–Trinajstić information content (AvgIpc) is 2.55. The molecule has 0 fully saturated rings. The minimum Gasteiger partial charge on any atom is -0.303 e. The van der Waals surface area contributed by atoms with Crippen LogP contribution in [0.5, 0.6) is 0 Å². The molecule has 0 saturated heterocycles. The lowest BCUT2D eigenvalue weighted by atomic mass is 9.97. The second kappa shape index (κ2) is 4.08. The van der Waals surface area contributed by atoms with Gasteiger partial charge in [0.05, 0.1) is 11.2 Å². The van der Waals surface area contributed by atoms with Crippen molar-refractivity contribution in [3.8, 4) is 0 Å². The van der Waals surface area contributed by atoms with Crippen LogP contribution in [0.25, 0.3) is 10.9 Å². The Morgan fingerprint density at radius 2 is 2.25 bits per heavy atom. The summed E-state index contributed by atoms with van der Waals surface area (Å²) >= 11 is 0. The van der Waals surface area contributed by atoms with Crippen molar-refractivity contribution in [2.75, 3.05) is 0 Å². The number of rotatable bonds is 3. The van der Waals surface area contributed by atoms with E-state index in [2.05, 4.69) is 30.2 Å². The Balaban J connectivity index is 2.51. The SMILES string of the molecule is Cc1nn(C)c2ccc(C(C)CC=O)cc12. The summed E-state index contributed by atoms with van der Waals surface area (Å²) in [5.41, 5.74) is 3.38. The fraction of sp³-hybridized carbons (Fsp3) is 0.385. The van der Waals surface area contributed by atoms with Crippen LogP contribution in [0.2, 0.25) is 0 Å². The van der Waals surface area contributed by atoms with Crippen LogP contribution < -0.4 is 0 Å². The van der Waals surface area contributed by atoms with Crippen LogP contribution in [0.1, 0.15) is 30.5 Å². The zero-order chi connectivity index (χ0) is 11.7. The number of benzene rings is 1. The predicted molar refractivity (Wildman–Crippen MR) is 64.5 cm³/mol. The van der Waals surface area contributed by atoms with Crippen LogP contribution in [-0.2, 0) is 11.8 Å². The van der Waals surface area contributed by atoms with Gasteiger partial charge < -0.3 is 4.79 Å². The molecule has 3 heteroatoms. The molecule has 0 spiro atoms. The molecule has 0 N–H and O–H groups in total. The number of nitrogens with zero attached hydrogens (tertiary/aromatic N) is 2. The summed E-state index contributed by atoms with van der Waals surface area (Å²) in [5, 5.41) is 5.56. The van der Waals surface area contributed by atoms with Gasteiger partial charge in [0.1, 0.15) is 6.29 Å². The summed E-state index contributed by atoms with van der Waals surface area (Å²) in [4.78, 5) is 10.5. The average molecular weight is 216 g/mol. The third-order valence-electron chi connectivity index (χ3n) is 3.08. The van der Waals surface area contributed by atoms with Gasteiger partial charge in [-0.25, -0.2) is 0 Å². The minimum atomic E-state index is 0.279. The van der Waals surface area contributed by atoms with Gasteiger partial charge in [-0.05, 0) is 30.5 Å². The Morgan fingerprint density at radius 3 is 2.94 bits per heavy atom. The summed E-state index contributed by atoms with van der Waals surface area (Å²) in [6, 6.07) is 6.30. The third kappa shape index (κ3) is 1.73. The van der Waals surface area contributed by atoms with Gasteiger partial charge in [-0.2, -0.15) is 5.10 Å². The van der Waals surface area contributed by atoms with Crippen LogP contribution in [0.3, 0.4) is 0 Å². The zero-order valence-corrected chi connectivity index (χ0v) is 9.90. The molecule has 1 aromatic heterocycles. The minimum absolute atomic E-state index is 0.279. The highest BCUT2D eigenvalue weighted by atomic mass is 16.1. The summed E-state index contributed by atoms with van der Waals surface area (Å²) in [7, 11) is 1.95. The lowest BCUT2D eigenvalue weighted by Gasteiger charge is -2.08. The van der Waals surface area contributed by atoms with Crippen LogP contribution in [0, 0.1) is 6.92 Å². The molecule has 3 nitrogen and oxygen atoms in total. The molecule has 1 unspecified atom stereocenters. The fourth-order valence-corrected chi connectivity index (χ4v) is 2.05. The van der Waals surface area contributed by atoms with E-state index in [9.17, 15) is 4.79 Å². The maximum Gasteiger partial charge on any atom is 0.120 e. The number of aldehydes is 1. The van der Waals surface area contributed by atoms with E-state index < -0.39 is 0 Å². The number of carbonyl (C=O) groups excluding carboxylic acids is 1. The maximum atomic E-state index is 10.5. The van der Waals surface area contributed by atoms with E-state index in [4.69, 9.17) is 0 Å². The first-order valence-corrected chi connectivity index (χ1v) is 5.50. The quantitative estimate of drug-likeness (QED) is 0.739. The van der Waals surface area contributed by atoms with Crippen LogP contribution >= 0.6 is 0 Å². The molecule has 0 aliphatic carbocycles. The maximum absolute atomic E-state index is 10.5. The molecule has 16 heavy (non-hydrogen) atoms. The normalized spacial score (nSPS) is 12.9. The molecule has 0 amide bonds. The van der Waals surface area contributed by atoms with Crippen molar-refractivity contribution in [3.05, 3.63) is 29.5 Å². The topological polar surface area (TPSA) is 34.9 Å². The van der Waals surface area contributed by atoms with Crippen LogP contribution in [-0.4, -0.2) is 16.1 Å². The Morgan fingerprint density at radius 1 is 1.50 bits per heavy atom. The zero-order valence-electron chi connectivity index (χ0n) is 9.90. The van der Waals surface area contributed by atoms with Crippen LogP contribution in [0.4, 0.5) is 0 Å². The molecule has 2 aromatic rings. The largest absolute Gasteiger partial charge is 0.303 e. The fourth-order valence-electron chi connectivity index (χ4n) is 2.05. The summed E-state index contributed by atoms with van der Waals surface area (Å²) < 4.78 is 1.89. The predicted octanol–water partition coefficient (Wildman–Crippen LogP) is 2.57. The van der Waals surface area contributed by atoms with Gasteiger partial charge in [-0.15, -0.1) is 0 Å². The summed E-state index contributed by atoms with van der Waals surface area (Å²) in [5.74, 6) is 0.279. The number of hydrogen-bond donors (Lipinski definition) is 0. The van der Waals surface area contributed by atoms with Crippen molar-refractivity contribution in [2.45, 2.75) is 26.2 Å². The van der Waals surface area contributed by atoms with Gasteiger partial charge in [0.2, 0.25) is 0 Å². The Bertz CT molecular complexity index is 528. The lowest BCUT2D eigenvalue weighted by Crippen LogP contribution is -1.94. The van der Waals surface area contributed by atoms with E-state index in [1.807, 2.05) is 18.7 Å². The van der Waals surface area contributed by atoms with Gasteiger partial charge in [-0.1, -0.05) is 13.0 Å². The molecule has 0 aliphatic heterocycles. The monoisotopic (exact) mass is 216 g/mol. The molecule has 84 valence electrons. The highest BCUT2D eigenvalue weighted by Crippen LogP contribution is 2.24. The Labute approximate surface area is 95.1 Å². The molecule has 0 bridgehead atoms. The standard InChI is InChI=1S/C13H16N2O/c1-9(6-7-16)11-4-5-13-12(8-11)10(2)14-15(13)3/h4-5,7-9H,6H2,1-3H3. The first-order chi connectivity index (χ1) is 7.63. The van der Waals surface area contributed by atoms with E-state index in [1.165, 1.54) is 10.9 Å². The molecule has 2 rings (SSSR count). The van der Waals surface area contributed by atoms with Gasteiger partial charge in [0, 0.05) is 18.9 Å². The van der Waals surface area contributed by atoms with Crippen molar-refractivity contribution >= 4 is 17.2 Å². The van der Waals surface area contributed by atoms with Gasteiger partial charge in [0.15, 0.2) is 0 Å². The molecule has 0 aliphatic rings. The number of fused-ring (bicyclic) bond motifs is 1. The highest BCUT2D eigenvalue weighted by molar-refractivity contribution is 5.82. The van der Waals surface area contributed by atoms with Crippen molar-refractivity contribution in [2.24, 2.45) is 7.05 Å². The first kappa shape index (κ1) is 10.9. The summed E-state index contributed by atoms with van der Waals surface area (Å²) in [6.45, 7) is 4.08. The Hall–Kier alpha value is -1.64. The van der Waals surface area contributed by atoms with E-state index in [-0.39, 0.29) is 5.92 Å². The van der Waals surface area contributed by atoms with Gasteiger partial charge in [-0.3, -0.25) is 4.68 Å². The molecule has 1 atom stereocenters. The van der Waals surface area contributed by atoms with Crippen LogP contribution in [0.15, 0.2) is 18.2 Å². The lowest BCUT2D eigenvalue weighted by molar-refractivity contribution is -0.108. The van der Waals surface area contributed by atoms with Crippen molar-refractivity contribution in [1.82, 2.24) is 9.78 Å². The van der Waals surface area contributed by atoms with Gasteiger partial charge in [0.25, 0.3) is 0 Å². The molecular weight excluding hydrogens is 200 g/mol. The second-order valence-electron chi connectivity index (χ2n) is 4.29. The molecule has 1 heterocycles. The molecular formula is C13H16N2O.